The summed E-state index contributed by atoms with van der Waals surface area (Å²) in [6.45, 7) is 1.61. The summed E-state index contributed by atoms with van der Waals surface area (Å²) in [4.78, 5) is 24.2. The highest BCUT2D eigenvalue weighted by molar-refractivity contribution is 7.99. The van der Waals surface area contributed by atoms with E-state index >= 15 is 0 Å². The zero-order valence-corrected chi connectivity index (χ0v) is 14.1. The molecule has 24 heavy (non-hydrogen) atoms. The van der Waals surface area contributed by atoms with Gasteiger partial charge in [-0.15, -0.1) is 11.8 Å². The highest BCUT2D eigenvalue weighted by Gasteiger charge is 2.08. The number of carbonyl (C=O) groups is 2. The zero-order valence-electron chi connectivity index (χ0n) is 13.3. The van der Waals surface area contributed by atoms with Crippen LogP contribution in [0.3, 0.4) is 0 Å². The minimum absolute atomic E-state index is 0.180. The van der Waals surface area contributed by atoms with Crippen LogP contribution in [-0.4, -0.2) is 24.2 Å². The van der Waals surface area contributed by atoms with Gasteiger partial charge >= 0.3 is 5.97 Å². The van der Waals surface area contributed by atoms with E-state index in [-0.39, 0.29) is 24.8 Å². The SMILES string of the molecule is Cc1cccc(NC(=O)COC(=O)CCSc2ccc(F)cc2)c1. The number of aryl methyl sites for hydroxylation is 1. The van der Waals surface area contributed by atoms with Gasteiger partial charge in [0.2, 0.25) is 0 Å². The van der Waals surface area contributed by atoms with Gasteiger partial charge in [-0.1, -0.05) is 12.1 Å². The molecular weight excluding hydrogens is 329 g/mol. The van der Waals surface area contributed by atoms with Crippen molar-refractivity contribution in [2.24, 2.45) is 0 Å². The molecule has 4 nitrogen and oxygen atoms in total. The number of anilines is 1. The maximum Gasteiger partial charge on any atom is 0.307 e. The Morgan fingerprint density at radius 2 is 1.92 bits per heavy atom. The molecule has 0 spiro atoms. The molecule has 0 aliphatic rings. The summed E-state index contributed by atoms with van der Waals surface area (Å²) in [5.41, 5.74) is 1.70. The first-order valence-corrected chi connectivity index (χ1v) is 8.42. The Bertz CT molecular complexity index is 704. The fourth-order valence-electron chi connectivity index (χ4n) is 1.92. The molecule has 126 valence electrons. The third kappa shape index (κ3) is 6.42. The summed E-state index contributed by atoms with van der Waals surface area (Å²) in [6, 6.07) is 13.4. The van der Waals surface area contributed by atoms with E-state index in [9.17, 15) is 14.0 Å². The summed E-state index contributed by atoms with van der Waals surface area (Å²) in [7, 11) is 0. The van der Waals surface area contributed by atoms with Crippen LogP contribution in [-0.2, 0) is 14.3 Å². The van der Waals surface area contributed by atoms with Crippen LogP contribution in [0.2, 0.25) is 0 Å². The summed E-state index contributed by atoms with van der Waals surface area (Å²) in [5, 5.41) is 2.67. The van der Waals surface area contributed by atoms with Crippen molar-refractivity contribution in [1.29, 1.82) is 0 Å². The van der Waals surface area contributed by atoms with Crippen molar-refractivity contribution in [3.8, 4) is 0 Å². The fraction of sp³-hybridized carbons (Fsp3) is 0.222. The van der Waals surface area contributed by atoms with Crippen LogP contribution >= 0.6 is 11.8 Å². The average molecular weight is 347 g/mol. The number of amides is 1. The van der Waals surface area contributed by atoms with E-state index in [0.29, 0.717) is 11.4 Å². The zero-order chi connectivity index (χ0) is 17.4. The van der Waals surface area contributed by atoms with Crippen LogP contribution in [0.5, 0.6) is 0 Å². The number of hydrogen-bond donors (Lipinski definition) is 1. The van der Waals surface area contributed by atoms with Gasteiger partial charge in [0.15, 0.2) is 6.61 Å². The Labute approximate surface area is 144 Å². The summed E-state index contributed by atoms with van der Waals surface area (Å²) in [6.07, 6.45) is 0.180. The van der Waals surface area contributed by atoms with Gasteiger partial charge < -0.3 is 10.1 Å². The van der Waals surface area contributed by atoms with E-state index in [0.717, 1.165) is 10.5 Å². The first kappa shape index (κ1) is 18.0. The van der Waals surface area contributed by atoms with Gasteiger partial charge in [-0.3, -0.25) is 9.59 Å². The molecule has 0 aliphatic carbocycles. The van der Waals surface area contributed by atoms with Gasteiger partial charge in [0, 0.05) is 16.3 Å². The third-order valence-corrected chi connectivity index (χ3v) is 4.07. The standard InChI is InChI=1S/C18H18FNO3S/c1-13-3-2-4-15(11-13)20-17(21)12-23-18(22)9-10-24-16-7-5-14(19)6-8-16/h2-8,11H,9-10,12H2,1H3,(H,20,21). The van der Waals surface area contributed by atoms with Gasteiger partial charge in [-0.25, -0.2) is 4.39 Å². The summed E-state index contributed by atoms with van der Waals surface area (Å²) in [5.74, 6) is -0.605. The van der Waals surface area contributed by atoms with E-state index in [1.807, 2.05) is 25.1 Å². The largest absolute Gasteiger partial charge is 0.456 e. The molecule has 0 fully saturated rings. The molecule has 0 heterocycles. The molecule has 6 heteroatoms. The molecule has 1 amide bonds. The maximum atomic E-state index is 12.8. The van der Waals surface area contributed by atoms with Crippen LogP contribution in [0.15, 0.2) is 53.4 Å². The molecule has 0 bridgehead atoms. The molecule has 1 N–H and O–H groups in total. The average Bonchev–Trinajstić information content (AvgIpc) is 2.55. The first-order chi connectivity index (χ1) is 11.5. The lowest BCUT2D eigenvalue weighted by Gasteiger charge is -2.07. The number of thioether (sulfide) groups is 1. The van der Waals surface area contributed by atoms with Crippen LogP contribution in [0.4, 0.5) is 10.1 Å². The second-order valence-corrected chi connectivity index (χ2v) is 6.30. The van der Waals surface area contributed by atoms with Crippen molar-refractivity contribution in [3.05, 3.63) is 59.9 Å². The second kappa shape index (κ2) is 9.08. The number of nitrogens with one attached hydrogen (secondary N) is 1. The molecule has 2 aromatic rings. The van der Waals surface area contributed by atoms with Crippen molar-refractivity contribution in [2.45, 2.75) is 18.2 Å². The number of ether oxygens (including phenoxy) is 1. The molecule has 2 aromatic carbocycles. The lowest BCUT2D eigenvalue weighted by Crippen LogP contribution is -2.21. The predicted molar refractivity (Wildman–Crippen MR) is 92.5 cm³/mol. The Hall–Kier alpha value is -2.34. The van der Waals surface area contributed by atoms with Crippen LogP contribution in [0.25, 0.3) is 0 Å². The highest BCUT2D eigenvalue weighted by Crippen LogP contribution is 2.19. The first-order valence-electron chi connectivity index (χ1n) is 7.43. The second-order valence-electron chi connectivity index (χ2n) is 5.13. The van der Waals surface area contributed by atoms with Gasteiger partial charge in [0.05, 0.1) is 6.42 Å². The molecule has 0 atom stereocenters. The topological polar surface area (TPSA) is 55.4 Å². The summed E-state index contributed by atoms with van der Waals surface area (Å²) < 4.78 is 17.7. The number of carbonyl (C=O) groups excluding carboxylic acids is 2. The van der Waals surface area contributed by atoms with Gasteiger partial charge in [0.25, 0.3) is 5.91 Å². The smallest absolute Gasteiger partial charge is 0.307 e. The number of rotatable bonds is 7. The lowest BCUT2D eigenvalue weighted by atomic mass is 10.2. The Kier molecular flexibility index (Phi) is 6.81. The summed E-state index contributed by atoms with van der Waals surface area (Å²) >= 11 is 1.43. The van der Waals surface area contributed by atoms with E-state index in [2.05, 4.69) is 5.32 Å². The monoisotopic (exact) mass is 347 g/mol. The van der Waals surface area contributed by atoms with Crippen molar-refractivity contribution < 1.29 is 18.7 Å². The van der Waals surface area contributed by atoms with Crippen molar-refractivity contribution in [3.63, 3.8) is 0 Å². The highest BCUT2D eigenvalue weighted by atomic mass is 32.2. The Morgan fingerprint density at radius 3 is 2.62 bits per heavy atom. The third-order valence-electron chi connectivity index (χ3n) is 3.05. The molecule has 0 aromatic heterocycles. The van der Waals surface area contributed by atoms with E-state index in [1.54, 1.807) is 18.2 Å². The van der Waals surface area contributed by atoms with E-state index in [4.69, 9.17) is 4.74 Å². The minimum Gasteiger partial charge on any atom is -0.456 e. The van der Waals surface area contributed by atoms with Crippen molar-refractivity contribution in [2.75, 3.05) is 17.7 Å². The molecule has 0 saturated carbocycles. The fourth-order valence-corrected chi connectivity index (χ4v) is 2.75. The predicted octanol–water partition coefficient (Wildman–Crippen LogP) is 3.80. The molecular formula is C18H18FNO3S. The Balaban J connectivity index is 1.65. The molecule has 2 rings (SSSR count). The molecule has 0 aliphatic heterocycles. The number of benzene rings is 2. The molecule has 0 saturated heterocycles. The van der Waals surface area contributed by atoms with Crippen LogP contribution in [0.1, 0.15) is 12.0 Å². The van der Waals surface area contributed by atoms with Crippen molar-refractivity contribution in [1.82, 2.24) is 0 Å². The van der Waals surface area contributed by atoms with Gasteiger partial charge in [0.1, 0.15) is 5.82 Å². The van der Waals surface area contributed by atoms with Crippen molar-refractivity contribution >= 4 is 29.3 Å². The van der Waals surface area contributed by atoms with Gasteiger partial charge in [-0.2, -0.15) is 0 Å². The lowest BCUT2D eigenvalue weighted by molar-refractivity contribution is -0.146. The normalized spacial score (nSPS) is 10.2. The van der Waals surface area contributed by atoms with Crippen LogP contribution in [0, 0.1) is 12.7 Å². The van der Waals surface area contributed by atoms with E-state index in [1.165, 1.54) is 23.9 Å². The number of hydrogen-bond acceptors (Lipinski definition) is 4. The molecule has 0 unspecified atom stereocenters. The number of esters is 1. The minimum atomic E-state index is -0.441. The quantitative estimate of drug-likeness (QED) is 0.611. The maximum absolute atomic E-state index is 12.8. The Morgan fingerprint density at radius 1 is 1.17 bits per heavy atom. The van der Waals surface area contributed by atoms with Gasteiger partial charge in [-0.05, 0) is 48.9 Å². The van der Waals surface area contributed by atoms with Crippen LogP contribution < -0.4 is 5.32 Å². The number of halogens is 1. The molecule has 0 radical (unpaired) electrons. The van der Waals surface area contributed by atoms with E-state index < -0.39 is 5.97 Å².